The van der Waals surface area contributed by atoms with Crippen LogP contribution in [0, 0.1) is 18.8 Å². The standard InChI is InChI=1S/C17H26ClN3O2/c1-11(2)10-21-17(18)14(12(3)20-21)7-8-16(23)19-9-13-5-4-6-15(13)22/h7-8,11,13,15,22H,4-6,9-10H2,1-3H3,(H,19,23). The molecule has 2 unspecified atom stereocenters. The molecule has 5 nitrogen and oxygen atoms in total. The lowest BCUT2D eigenvalue weighted by Crippen LogP contribution is -2.31. The predicted octanol–water partition coefficient (Wildman–Crippen LogP) is 2.79. The molecule has 1 aliphatic rings. The SMILES string of the molecule is Cc1nn(CC(C)C)c(Cl)c1C=CC(=O)NCC1CCCC1O. The van der Waals surface area contributed by atoms with Crippen molar-refractivity contribution in [3.8, 4) is 0 Å². The molecular formula is C17H26ClN3O2. The van der Waals surface area contributed by atoms with Gasteiger partial charge in [-0.25, -0.2) is 0 Å². The van der Waals surface area contributed by atoms with E-state index in [1.54, 1.807) is 10.8 Å². The van der Waals surface area contributed by atoms with Gasteiger partial charge in [-0.05, 0) is 31.8 Å². The van der Waals surface area contributed by atoms with E-state index in [1.807, 2.05) is 6.92 Å². The Hall–Kier alpha value is -1.33. The maximum atomic E-state index is 11.9. The highest BCUT2D eigenvalue weighted by atomic mass is 35.5. The number of nitrogens with one attached hydrogen (secondary N) is 1. The van der Waals surface area contributed by atoms with Crippen LogP contribution >= 0.6 is 11.6 Å². The normalized spacial score (nSPS) is 21.5. The van der Waals surface area contributed by atoms with E-state index in [0.717, 1.165) is 37.1 Å². The number of aryl methyl sites for hydroxylation is 1. The van der Waals surface area contributed by atoms with Crippen molar-refractivity contribution in [3.05, 3.63) is 22.5 Å². The van der Waals surface area contributed by atoms with Crippen molar-refractivity contribution < 1.29 is 9.90 Å². The lowest BCUT2D eigenvalue weighted by molar-refractivity contribution is -0.116. The second kappa shape index (κ2) is 7.97. The molecule has 0 aromatic carbocycles. The average molecular weight is 340 g/mol. The zero-order valence-electron chi connectivity index (χ0n) is 14.1. The number of aliphatic hydroxyl groups excluding tert-OH is 1. The summed E-state index contributed by atoms with van der Waals surface area (Å²) in [6.45, 7) is 7.36. The Labute approximate surface area is 142 Å². The minimum Gasteiger partial charge on any atom is -0.393 e. The van der Waals surface area contributed by atoms with Crippen molar-refractivity contribution in [1.29, 1.82) is 0 Å². The fourth-order valence-electron chi connectivity index (χ4n) is 2.93. The Kier molecular flexibility index (Phi) is 6.25. The highest BCUT2D eigenvalue weighted by molar-refractivity contribution is 6.31. The molecule has 1 fully saturated rings. The number of halogens is 1. The number of carbonyl (C=O) groups excluding carboxylic acids is 1. The van der Waals surface area contributed by atoms with Gasteiger partial charge in [0.15, 0.2) is 0 Å². The van der Waals surface area contributed by atoms with Gasteiger partial charge in [0, 0.05) is 30.6 Å². The molecule has 2 atom stereocenters. The van der Waals surface area contributed by atoms with Gasteiger partial charge in [-0.1, -0.05) is 31.9 Å². The highest BCUT2D eigenvalue weighted by Crippen LogP contribution is 2.25. The van der Waals surface area contributed by atoms with Crippen LogP contribution in [0.2, 0.25) is 5.15 Å². The van der Waals surface area contributed by atoms with E-state index < -0.39 is 0 Å². The van der Waals surface area contributed by atoms with Crippen LogP contribution in [0.5, 0.6) is 0 Å². The molecule has 1 aromatic heterocycles. The van der Waals surface area contributed by atoms with Crippen LogP contribution in [0.25, 0.3) is 6.08 Å². The fraction of sp³-hybridized carbons (Fsp3) is 0.647. The van der Waals surface area contributed by atoms with Gasteiger partial charge in [-0.2, -0.15) is 5.10 Å². The van der Waals surface area contributed by atoms with Gasteiger partial charge in [0.25, 0.3) is 0 Å². The monoisotopic (exact) mass is 339 g/mol. The molecule has 1 heterocycles. The molecule has 23 heavy (non-hydrogen) atoms. The molecule has 128 valence electrons. The van der Waals surface area contributed by atoms with Crippen molar-refractivity contribution >= 4 is 23.6 Å². The first-order valence-corrected chi connectivity index (χ1v) is 8.63. The number of rotatable bonds is 6. The third kappa shape index (κ3) is 4.82. The van der Waals surface area contributed by atoms with Gasteiger partial charge in [-0.3, -0.25) is 9.48 Å². The molecule has 0 bridgehead atoms. The first-order valence-electron chi connectivity index (χ1n) is 8.25. The molecule has 0 spiro atoms. The van der Waals surface area contributed by atoms with Gasteiger partial charge in [0.05, 0.1) is 11.8 Å². The summed E-state index contributed by atoms with van der Waals surface area (Å²) in [7, 11) is 0. The third-order valence-corrected chi connectivity index (χ3v) is 4.60. The van der Waals surface area contributed by atoms with Crippen LogP contribution in [0.3, 0.4) is 0 Å². The molecule has 1 amide bonds. The number of amides is 1. The molecule has 0 saturated heterocycles. The summed E-state index contributed by atoms with van der Waals surface area (Å²) in [5.41, 5.74) is 1.59. The van der Waals surface area contributed by atoms with Crippen molar-refractivity contribution in [2.45, 2.75) is 52.7 Å². The number of hydrogen-bond acceptors (Lipinski definition) is 3. The summed E-state index contributed by atoms with van der Waals surface area (Å²) in [5, 5.41) is 17.6. The van der Waals surface area contributed by atoms with E-state index in [1.165, 1.54) is 6.08 Å². The quantitative estimate of drug-likeness (QED) is 0.783. The van der Waals surface area contributed by atoms with E-state index in [0.29, 0.717) is 17.6 Å². The van der Waals surface area contributed by atoms with Gasteiger partial charge < -0.3 is 10.4 Å². The first-order chi connectivity index (χ1) is 10.9. The van der Waals surface area contributed by atoms with Crippen molar-refractivity contribution in [2.75, 3.05) is 6.54 Å². The predicted molar refractivity (Wildman–Crippen MR) is 92.2 cm³/mol. The number of nitrogens with zero attached hydrogens (tertiary/aromatic N) is 2. The maximum absolute atomic E-state index is 11.9. The lowest BCUT2D eigenvalue weighted by atomic mass is 10.1. The van der Waals surface area contributed by atoms with Crippen LogP contribution in [0.1, 0.15) is 44.4 Å². The van der Waals surface area contributed by atoms with E-state index >= 15 is 0 Å². The molecule has 1 saturated carbocycles. The van der Waals surface area contributed by atoms with E-state index in [4.69, 9.17) is 11.6 Å². The van der Waals surface area contributed by atoms with Crippen molar-refractivity contribution in [2.24, 2.45) is 11.8 Å². The van der Waals surface area contributed by atoms with E-state index in [9.17, 15) is 9.90 Å². The summed E-state index contributed by atoms with van der Waals surface area (Å²) < 4.78 is 1.77. The van der Waals surface area contributed by atoms with Gasteiger partial charge in [-0.15, -0.1) is 0 Å². The van der Waals surface area contributed by atoms with Crippen LogP contribution in [0.15, 0.2) is 6.08 Å². The van der Waals surface area contributed by atoms with Gasteiger partial charge >= 0.3 is 0 Å². The zero-order chi connectivity index (χ0) is 17.0. The van der Waals surface area contributed by atoms with Crippen LogP contribution in [-0.2, 0) is 11.3 Å². The lowest BCUT2D eigenvalue weighted by Gasteiger charge is -2.13. The summed E-state index contributed by atoms with van der Waals surface area (Å²) in [6.07, 6.45) is 5.74. The Morgan fingerprint density at radius 1 is 1.52 bits per heavy atom. The fourth-order valence-corrected chi connectivity index (χ4v) is 3.23. The Morgan fingerprint density at radius 3 is 2.87 bits per heavy atom. The van der Waals surface area contributed by atoms with Crippen LogP contribution < -0.4 is 5.32 Å². The summed E-state index contributed by atoms with van der Waals surface area (Å²) in [4.78, 5) is 11.9. The molecule has 0 radical (unpaired) electrons. The zero-order valence-corrected chi connectivity index (χ0v) is 14.8. The minimum absolute atomic E-state index is 0.170. The summed E-state index contributed by atoms with van der Waals surface area (Å²) in [5.74, 6) is 0.451. The van der Waals surface area contributed by atoms with E-state index in [-0.39, 0.29) is 17.9 Å². The van der Waals surface area contributed by atoms with E-state index in [2.05, 4.69) is 24.3 Å². The molecule has 1 aliphatic carbocycles. The molecule has 2 N–H and O–H groups in total. The van der Waals surface area contributed by atoms with Crippen LogP contribution in [0.4, 0.5) is 0 Å². The number of aromatic nitrogens is 2. The summed E-state index contributed by atoms with van der Waals surface area (Å²) in [6, 6.07) is 0. The smallest absolute Gasteiger partial charge is 0.244 e. The highest BCUT2D eigenvalue weighted by Gasteiger charge is 2.25. The topological polar surface area (TPSA) is 67.2 Å². The van der Waals surface area contributed by atoms with Gasteiger partial charge in [0.1, 0.15) is 5.15 Å². The number of carbonyl (C=O) groups is 1. The second-order valence-corrected chi connectivity index (χ2v) is 7.06. The van der Waals surface area contributed by atoms with Crippen molar-refractivity contribution in [3.63, 3.8) is 0 Å². The number of hydrogen-bond donors (Lipinski definition) is 2. The maximum Gasteiger partial charge on any atom is 0.244 e. The molecule has 1 aromatic rings. The average Bonchev–Trinajstić information content (AvgIpc) is 2.99. The molecule has 6 heteroatoms. The Morgan fingerprint density at radius 2 is 2.26 bits per heavy atom. The first kappa shape index (κ1) is 18.0. The third-order valence-electron chi connectivity index (χ3n) is 4.21. The second-order valence-electron chi connectivity index (χ2n) is 6.70. The Balaban J connectivity index is 1.94. The van der Waals surface area contributed by atoms with Crippen LogP contribution in [-0.4, -0.2) is 33.4 Å². The molecule has 2 rings (SSSR count). The van der Waals surface area contributed by atoms with Gasteiger partial charge in [0.2, 0.25) is 5.91 Å². The minimum atomic E-state index is -0.287. The summed E-state index contributed by atoms with van der Waals surface area (Å²) >= 11 is 6.34. The Bertz CT molecular complexity index is 581. The largest absolute Gasteiger partial charge is 0.393 e. The van der Waals surface area contributed by atoms with Crippen molar-refractivity contribution in [1.82, 2.24) is 15.1 Å². The molecular weight excluding hydrogens is 314 g/mol. The number of aliphatic hydroxyl groups is 1. The molecule has 0 aliphatic heterocycles.